The average molecular weight is 1050 g/mol. The molecule has 2 unspecified atom stereocenters. The number of hydrogen-bond donors (Lipinski definition) is 0. The number of halogens is 20. The molecule has 0 fully saturated rings. The summed E-state index contributed by atoms with van der Waals surface area (Å²) >= 11 is -24.2. The van der Waals surface area contributed by atoms with E-state index in [1.807, 2.05) is 0 Å². The molecule has 0 saturated carbocycles. The van der Waals surface area contributed by atoms with Crippen molar-refractivity contribution in [3.8, 4) is 0 Å². The van der Waals surface area contributed by atoms with Gasteiger partial charge in [0.05, 0.1) is 0 Å². The van der Waals surface area contributed by atoms with Gasteiger partial charge in [0, 0.05) is 6.08 Å². The zero-order valence-corrected chi connectivity index (χ0v) is 29.9. The van der Waals surface area contributed by atoms with E-state index < -0.39 is 71.2 Å². The van der Waals surface area contributed by atoms with Crippen LogP contribution in [0.4, 0.5) is 67.9 Å². The van der Waals surface area contributed by atoms with E-state index >= 15 is 0 Å². The Morgan fingerprint density at radius 3 is 1.07 bits per heavy atom. The predicted molar refractivity (Wildman–Crippen MR) is 128 cm³/mol. The molecule has 1 aliphatic rings. The van der Waals surface area contributed by atoms with Crippen LogP contribution < -0.4 is 42.4 Å². The Bertz CT molecular complexity index is 1340. The van der Waals surface area contributed by atoms with E-state index in [9.17, 15) is 67.9 Å². The van der Waals surface area contributed by atoms with E-state index in [2.05, 4.69) is 60.7 Å². The SMILES string of the molecule is FC1C=CC(F)([I+]c2ccccc2)C(F)(F)C1(F)F.F[As-](F)(F)(F)(F)F.F[As-](F)(F)(F)(F)F.c1ccc([I+]c2ccccc2)cc1. The summed E-state index contributed by atoms with van der Waals surface area (Å²) in [4.78, 5) is 0. The number of allylic oxidation sites excluding steroid dienone is 2. The Kier molecular flexibility index (Phi) is 12.3. The van der Waals surface area contributed by atoms with Crippen molar-refractivity contribution in [2.24, 2.45) is 0 Å². The molecule has 46 heavy (non-hydrogen) atoms. The normalized spacial score (nSPS) is 23.1. The first-order valence-electron chi connectivity index (χ1n) is 11.4. The molecule has 0 saturated heterocycles. The van der Waals surface area contributed by atoms with E-state index in [0.29, 0.717) is 0 Å². The molecule has 2 atom stereocenters. The topological polar surface area (TPSA) is 0 Å². The summed E-state index contributed by atoms with van der Waals surface area (Å²) in [6.07, 6.45) is -2.75. The zero-order chi connectivity index (χ0) is 36.1. The van der Waals surface area contributed by atoms with Crippen LogP contribution in [0.1, 0.15) is 0 Å². The Balaban J connectivity index is 0.000000339. The molecular formula is C24H18As2F18I2. The summed E-state index contributed by atoms with van der Waals surface area (Å²) in [5.41, 5.74) is 0. The zero-order valence-electron chi connectivity index (χ0n) is 21.8. The van der Waals surface area contributed by atoms with Crippen LogP contribution >= 0.6 is 0 Å². The van der Waals surface area contributed by atoms with Gasteiger partial charge in [0.1, 0.15) is 0 Å². The van der Waals surface area contributed by atoms with Crippen molar-refractivity contribution in [1.82, 2.24) is 0 Å². The summed E-state index contributed by atoms with van der Waals surface area (Å²) in [5, 5.41) is 0. The molecule has 3 aromatic rings. The third-order valence-electron chi connectivity index (χ3n) is 4.32. The third kappa shape index (κ3) is 19.5. The molecule has 3 aromatic carbocycles. The molecule has 0 spiro atoms. The standard InChI is InChI=1S/C12H8F6I.C12H10I.2AsF6/c13-9-6-7-10(14,12(17,18)11(9,15)16)19-8-4-2-1-3-5-8;1-3-7-11(8-4-1)13-12-9-5-2-6-10-12;2*2-1(3,4,5,6)7/h1-7,9H;1-10H;;/q2*+1;2*-1. The molecule has 0 N–H and O–H groups in total. The minimum Gasteiger partial charge on any atom is -0.0619 e. The summed E-state index contributed by atoms with van der Waals surface area (Å²) in [6, 6.07) is 28.8. The Morgan fingerprint density at radius 2 is 0.761 bits per heavy atom. The number of benzene rings is 3. The van der Waals surface area contributed by atoms with Gasteiger partial charge in [-0.15, -0.1) is 0 Å². The van der Waals surface area contributed by atoms with Crippen LogP contribution in [0.2, 0.25) is 0 Å². The molecule has 22 heteroatoms. The van der Waals surface area contributed by atoms with E-state index in [1.165, 1.54) is 31.4 Å². The van der Waals surface area contributed by atoms with Gasteiger partial charge in [-0.1, -0.05) is 54.6 Å². The maximum atomic E-state index is 14.3. The predicted octanol–water partition coefficient (Wildman–Crippen LogP) is 4.89. The van der Waals surface area contributed by atoms with Crippen molar-refractivity contribution in [2.45, 2.75) is 21.7 Å². The smallest absolute Gasteiger partial charge is 0.0619 e. The van der Waals surface area contributed by atoms with Gasteiger partial charge < -0.3 is 0 Å². The molecule has 1 aliphatic carbocycles. The van der Waals surface area contributed by atoms with Gasteiger partial charge in [0.2, 0.25) is 0 Å². The molecular weight excluding hydrogens is 1030 g/mol. The van der Waals surface area contributed by atoms with Crippen LogP contribution in [0.5, 0.6) is 0 Å². The van der Waals surface area contributed by atoms with Crippen LogP contribution in [-0.4, -0.2) is 50.0 Å². The van der Waals surface area contributed by atoms with Crippen molar-refractivity contribution >= 4 is 28.3 Å². The fourth-order valence-electron chi connectivity index (χ4n) is 2.63. The second-order valence-corrected chi connectivity index (χ2v) is 23.0. The minimum absolute atomic E-state index is 0.0287. The van der Waals surface area contributed by atoms with Crippen LogP contribution in [0.25, 0.3) is 0 Å². The second-order valence-electron chi connectivity index (χ2n) is 8.57. The first-order valence-corrected chi connectivity index (χ1v) is 24.2. The Morgan fingerprint density at radius 1 is 0.478 bits per heavy atom. The van der Waals surface area contributed by atoms with Crippen molar-refractivity contribution in [3.05, 3.63) is 114 Å². The van der Waals surface area contributed by atoms with Crippen LogP contribution in [0.3, 0.4) is 0 Å². The fourth-order valence-corrected chi connectivity index (χ4v) is 7.67. The van der Waals surface area contributed by atoms with E-state index in [4.69, 9.17) is 0 Å². The van der Waals surface area contributed by atoms with Crippen LogP contribution in [0.15, 0.2) is 103 Å². The molecule has 0 amide bonds. The van der Waals surface area contributed by atoms with Gasteiger partial charge in [-0.25, -0.2) is 4.39 Å². The molecule has 0 nitrogen and oxygen atoms in total. The van der Waals surface area contributed by atoms with E-state index in [0.717, 1.165) is 0 Å². The van der Waals surface area contributed by atoms with E-state index in [-0.39, 0.29) is 36.9 Å². The number of hydrogen-bond acceptors (Lipinski definition) is 0. The largest absolute Gasteiger partial charge is 0.357 e. The molecule has 0 aliphatic heterocycles. The third-order valence-corrected chi connectivity index (χ3v) is 10.2. The van der Waals surface area contributed by atoms with Crippen molar-refractivity contribution in [3.63, 3.8) is 0 Å². The Labute approximate surface area is 272 Å². The van der Waals surface area contributed by atoms with Gasteiger partial charge in [-0.05, 0) is 42.5 Å². The van der Waals surface area contributed by atoms with Gasteiger partial charge in [0.15, 0.2) is 16.9 Å². The van der Waals surface area contributed by atoms with Crippen LogP contribution in [0, 0.1) is 10.7 Å². The van der Waals surface area contributed by atoms with Crippen molar-refractivity contribution in [1.29, 1.82) is 0 Å². The summed E-state index contributed by atoms with van der Waals surface area (Å²) in [7, 11) is 0. The minimum atomic E-state index is -11.1. The molecule has 4 rings (SSSR count). The summed E-state index contributed by atoms with van der Waals surface area (Å²) in [6.45, 7) is 0. The molecule has 0 aromatic heterocycles. The van der Waals surface area contributed by atoms with Crippen LogP contribution in [-0.2, 0) is 0 Å². The number of rotatable bonds is 4. The average Bonchev–Trinajstić information content (AvgIpc) is 2.85. The first-order chi connectivity index (χ1) is 20.1. The maximum absolute atomic E-state index is 14.3. The first kappa shape index (κ1) is 42.7. The monoisotopic (exact) mass is 1050 g/mol. The van der Waals surface area contributed by atoms with Gasteiger partial charge >= 0.3 is 128 Å². The summed E-state index contributed by atoms with van der Waals surface area (Å²) in [5.74, 6) is -10.1. The number of alkyl halides is 7. The van der Waals surface area contributed by atoms with Crippen molar-refractivity contribution < 1.29 is 110 Å². The molecule has 0 radical (unpaired) electrons. The Hall–Kier alpha value is -1.28. The quantitative estimate of drug-likeness (QED) is 0.115. The van der Waals surface area contributed by atoms with Crippen molar-refractivity contribution in [2.75, 3.05) is 0 Å². The van der Waals surface area contributed by atoms with Gasteiger partial charge in [-0.3, -0.25) is 0 Å². The van der Waals surface area contributed by atoms with Gasteiger partial charge in [0.25, 0.3) is 0 Å². The van der Waals surface area contributed by atoms with Gasteiger partial charge in [-0.2, -0.15) is 22.0 Å². The summed E-state index contributed by atoms with van der Waals surface area (Å²) < 4.78 is 199. The molecule has 0 heterocycles. The molecule has 264 valence electrons. The maximum Gasteiger partial charge on any atom is 0.357 e. The molecule has 0 bridgehead atoms. The fraction of sp³-hybridized carbons (Fsp3) is 0.167. The van der Waals surface area contributed by atoms with E-state index in [1.54, 1.807) is 6.07 Å². The second kappa shape index (κ2) is 13.2.